The van der Waals surface area contributed by atoms with E-state index >= 15 is 0 Å². The van der Waals surface area contributed by atoms with Gasteiger partial charge in [0.2, 0.25) is 11.8 Å². The van der Waals surface area contributed by atoms with Crippen LogP contribution in [0.2, 0.25) is 0 Å². The van der Waals surface area contributed by atoms with Gasteiger partial charge in [0.05, 0.1) is 13.2 Å². The van der Waals surface area contributed by atoms with E-state index in [1.165, 1.54) is 0 Å². The molecule has 1 heterocycles. The summed E-state index contributed by atoms with van der Waals surface area (Å²) in [7, 11) is 1.60. The van der Waals surface area contributed by atoms with Crippen molar-refractivity contribution in [1.29, 1.82) is 0 Å². The van der Waals surface area contributed by atoms with Crippen molar-refractivity contribution in [2.24, 2.45) is 0 Å². The molecule has 0 saturated carbocycles. The van der Waals surface area contributed by atoms with Gasteiger partial charge in [0.25, 0.3) is 0 Å². The molecular weight excluding hydrogens is 316 g/mol. The second-order valence-electron chi connectivity index (χ2n) is 6.16. The minimum absolute atomic E-state index is 0.0154. The zero-order valence-corrected chi connectivity index (χ0v) is 14.3. The van der Waals surface area contributed by atoms with Gasteiger partial charge in [0.15, 0.2) is 0 Å². The lowest BCUT2D eigenvalue weighted by Gasteiger charge is -2.18. The van der Waals surface area contributed by atoms with Crippen LogP contribution in [0.25, 0.3) is 0 Å². The Morgan fingerprint density at radius 3 is 2.76 bits per heavy atom. The lowest BCUT2D eigenvalue weighted by molar-refractivity contribution is -0.121. The van der Waals surface area contributed by atoms with Crippen LogP contribution in [0.3, 0.4) is 0 Å². The van der Waals surface area contributed by atoms with Crippen molar-refractivity contribution < 1.29 is 14.3 Å². The van der Waals surface area contributed by atoms with E-state index in [-0.39, 0.29) is 17.9 Å². The van der Waals surface area contributed by atoms with E-state index in [1.807, 2.05) is 54.6 Å². The van der Waals surface area contributed by atoms with Gasteiger partial charge in [-0.1, -0.05) is 36.4 Å². The molecule has 2 aromatic carbocycles. The number of nitrogens with zero attached hydrogens (tertiary/aromatic N) is 1. The van der Waals surface area contributed by atoms with Crippen LogP contribution in [0.4, 0.5) is 5.69 Å². The topological polar surface area (TPSA) is 58.6 Å². The number of methoxy groups -OCH3 is 1. The number of ether oxygens (including phenoxy) is 1. The van der Waals surface area contributed by atoms with Crippen LogP contribution in [0, 0.1) is 0 Å². The minimum Gasteiger partial charge on any atom is -0.497 e. The van der Waals surface area contributed by atoms with Crippen LogP contribution in [-0.4, -0.2) is 31.5 Å². The molecule has 1 aliphatic heterocycles. The zero-order valence-electron chi connectivity index (χ0n) is 14.3. The van der Waals surface area contributed by atoms with E-state index in [1.54, 1.807) is 12.0 Å². The Labute approximate surface area is 147 Å². The van der Waals surface area contributed by atoms with Gasteiger partial charge in [0.1, 0.15) is 5.75 Å². The van der Waals surface area contributed by atoms with Crippen molar-refractivity contribution in [2.45, 2.75) is 25.3 Å². The summed E-state index contributed by atoms with van der Waals surface area (Å²) in [4.78, 5) is 26.1. The Kier molecular flexibility index (Phi) is 5.33. The predicted octanol–water partition coefficient (Wildman–Crippen LogP) is 2.55. The van der Waals surface area contributed by atoms with Crippen molar-refractivity contribution in [3.8, 4) is 5.75 Å². The van der Waals surface area contributed by atoms with E-state index in [0.29, 0.717) is 31.6 Å². The summed E-state index contributed by atoms with van der Waals surface area (Å²) in [5.74, 6) is 0.705. The Morgan fingerprint density at radius 2 is 2.00 bits per heavy atom. The lowest BCUT2D eigenvalue weighted by atomic mass is 10.1. The number of benzene rings is 2. The zero-order chi connectivity index (χ0) is 17.6. The lowest BCUT2D eigenvalue weighted by Crippen LogP contribution is -2.37. The maximum absolute atomic E-state index is 12.3. The molecule has 0 aliphatic carbocycles. The Bertz CT molecular complexity index is 746. The summed E-state index contributed by atoms with van der Waals surface area (Å²) in [6.45, 7) is 0.489. The van der Waals surface area contributed by atoms with E-state index < -0.39 is 0 Å². The molecule has 1 fully saturated rings. The summed E-state index contributed by atoms with van der Waals surface area (Å²) in [5.41, 5.74) is 1.93. The highest BCUT2D eigenvalue weighted by Gasteiger charge is 2.31. The first-order chi connectivity index (χ1) is 12.2. The molecule has 1 N–H and O–H groups in total. The molecule has 0 aromatic heterocycles. The number of aryl methyl sites for hydroxylation is 1. The Morgan fingerprint density at radius 1 is 1.20 bits per heavy atom. The number of anilines is 1. The second kappa shape index (κ2) is 7.83. The minimum atomic E-state index is -0.151. The molecule has 2 amide bonds. The first-order valence-electron chi connectivity index (χ1n) is 8.43. The molecule has 25 heavy (non-hydrogen) atoms. The van der Waals surface area contributed by atoms with Gasteiger partial charge < -0.3 is 15.0 Å². The van der Waals surface area contributed by atoms with Crippen molar-refractivity contribution >= 4 is 17.5 Å². The summed E-state index contributed by atoms with van der Waals surface area (Å²) < 4.78 is 5.21. The summed E-state index contributed by atoms with van der Waals surface area (Å²) >= 11 is 0. The monoisotopic (exact) mass is 338 g/mol. The van der Waals surface area contributed by atoms with Gasteiger partial charge in [-0.05, 0) is 24.1 Å². The maximum atomic E-state index is 12.3. The average Bonchev–Trinajstić information content (AvgIpc) is 3.01. The average molecular weight is 338 g/mol. The first-order valence-corrected chi connectivity index (χ1v) is 8.43. The van der Waals surface area contributed by atoms with Gasteiger partial charge >= 0.3 is 0 Å². The maximum Gasteiger partial charge on any atom is 0.229 e. The molecule has 0 radical (unpaired) electrons. The molecule has 1 unspecified atom stereocenters. The molecular formula is C20H22N2O3. The van der Waals surface area contributed by atoms with Gasteiger partial charge in [0, 0.05) is 31.1 Å². The van der Waals surface area contributed by atoms with Gasteiger partial charge in [-0.25, -0.2) is 0 Å². The highest BCUT2D eigenvalue weighted by Crippen LogP contribution is 2.25. The fourth-order valence-electron chi connectivity index (χ4n) is 3.03. The van der Waals surface area contributed by atoms with Crippen LogP contribution < -0.4 is 15.0 Å². The molecule has 0 spiro atoms. The van der Waals surface area contributed by atoms with Crippen LogP contribution in [0.5, 0.6) is 5.75 Å². The van der Waals surface area contributed by atoms with Gasteiger partial charge in [-0.15, -0.1) is 0 Å². The number of hydrogen-bond acceptors (Lipinski definition) is 3. The quantitative estimate of drug-likeness (QED) is 0.881. The van der Waals surface area contributed by atoms with Crippen LogP contribution in [0.15, 0.2) is 54.6 Å². The highest BCUT2D eigenvalue weighted by molar-refractivity contribution is 5.97. The third-order valence-corrected chi connectivity index (χ3v) is 4.34. The van der Waals surface area contributed by atoms with E-state index in [4.69, 9.17) is 4.74 Å². The van der Waals surface area contributed by atoms with E-state index in [2.05, 4.69) is 5.32 Å². The summed E-state index contributed by atoms with van der Waals surface area (Å²) in [5, 5.41) is 2.98. The molecule has 2 aromatic rings. The first kappa shape index (κ1) is 17.0. The van der Waals surface area contributed by atoms with Gasteiger partial charge in [-0.2, -0.15) is 0 Å². The molecule has 5 heteroatoms. The molecule has 0 bridgehead atoms. The number of carbonyl (C=O) groups is 2. The molecule has 1 aliphatic rings. The van der Waals surface area contributed by atoms with Crippen LogP contribution in [-0.2, 0) is 16.0 Å². The molecule has 130 valence electrons. The second-order valence-corrected chi connectivity index (χ2v) is 6.16. The standard InChI is InChI=1S/C20H22N2O3/c1-25-18-9-5-8-17(13-18)22-14-16(12-20(22)24)21-19(23)11-10-15-6-3-2-4-7-15/h2-9,13,16H,10-12,14H2,1H3,(H,21,23). The van der Waals surface area contributed by atoms with Crippen LogP contribution >= 0.6 is 0 Å². The Balaban J connectivity index is 1.54. The SMILES string of the molecule is COc1cccc(N2CC(NC(=O)CCc3ccccc3)CC2=O)c1. The van der Waals surface area contributed by atoms with Gasteiger partial charge in [-0.3, -0.25) is 9.59 Å². The van der Waals surface area contributed by atoms with Crippen LogP contribution in [0.1, 0.15) is 18.4 Å². The smallest absolute Gasteiger partial charge is 0.229 e. The molecule has 5 nitrogen and oxygen atoms in total. The van der Waals surface area contributed by atoms with Crippen molar-refractivity contribution in [3.63, 3.8) is 0 Å². The highest BCUT2D eigenvalue weighted by atomic mass is 16.5. The molecule has 3 rings (SSSR count). The summed E-state index contributed by atoms with van der Waals surface area (Å²) in [6.07, 6.45) is 1.45. The number of amides is 2. The number of carbonyl (C=O) groups excluding carboxylic acids is 2. The van der Waals surface area contributed by atoms with E-state index in [0.717, 1.165) is 11.3 Å². The molecule has 1 atom stereocenters. The Hall–Kier alpha value is -2.82. The number of rotatable bonds is 6. The normalized spacial score (nSPS) is 16.8. The molecule has 1 saturated heterocycles. The third-order valence-electron chi connectivity index (χ3n) is 4.34. The third kappa shape index (κ3) is 4.38. The van der Waals surface area contributed by atoms with E-state index in [9.17, 15) is 9.59 Å². The van der Waals surface area contributed by atoms with Crippen molar-refractivity contribution in [1.82, 2.24) is 5.32 Å². The fraction of sp³-hybridized carbons (Fsp3) is 0.300. The largest absolute Gasteiger partial charge is 0.497 e. The van der Waals surface area contributed by atoms with Crippen molar-refractivity contribution in [2.75, 3.05) is 18.6 Å². The van der Waals surface area contributed by atoms with Crippen molar-refractivity contribution in [3.05, 3.63) is 60.2 Å². The number of hydrogen-bond donors (Lipinski definition) is 1. The number of nitrogens with one attached hydrogen (secondary N) is 1. The fourth-order valence-corrected chi connectivity index (χ4v) is 3.03. The summed E-state index contributed by atoms with van der Waals surface area (Å²) in [6, 6.07) is 17.2. The predicted molar refractivity (Wildman–Crippen MR) is 96.7 cm³/mol.